The molecule has 0 fully saturated rings. The maximum absolute atomic E-state index is 4.55. The van der Waals surface area contributed by atoms with E-state index < -0.39 is 0 Å². The molecule has 0 unspecified atom stereocenters. The molecular weight excluding hydrogens is 198 g/mol. The summed E-state index contributed by atoms with van der Waals surface area (Å²) < 4.78 is 2.30. The van der Waals surface area contributed by atoms with E-state index in [1.165, 1.54) is 5.52 Å². The predicted octanol–water partition coefficient (Wildman–Crippen LogP) is 1.56. The van der Waals surface area contributed by atoms with Gasteiger partial charge in [0.1, 0.15) is 5.82 Å². The molecule has 0 saturated heterocycles. The van der Waals surface area contributed by atoms with Crippen molar-refractivity contribution in [1.29, 1.82) is 0 Å². The zero-order valence-corrected chi connectivity index (χ0v) is 8.55. The van der Waals surface area contributed by atoms with Crippen LogP contribution in [0.15, 0.2) is 24.3 Å². The maximum Gasteiger partial charge on any atom is 0.123 e. The molecule has 74 valence electrons. The minimum atomic E-state index is 0. The van der Waals surface area contributed by atoms with E-state index in [9.17, 15) is 0 Å². The number of benzene rings is 1. The molecule has 0 aliphatic carbocycles. The number of nitrogens with zero attached hydrogens (tertiary/aromatic N) is 2. The Hall–Kier alpha value is -1.06. The standard InChI is InChI=1S/C10H11N3.ClH/c1-2-4-9-8(3-1)12-10-7-11-5-6-13(9)10;/h1-4,11H,5-7H2;1H. The third-order valence-electron chi connectivity index (χ3n) is 2.53. The molecule has 3 nitrogen and oxygen atoms in total. The van der Waals surface area contributed by atoms with Gasteiger partial charge in [0, 0.05) is 13.1 Å². The van der Waals surface area contributed by atoms with Crippen LogP contribution in [0.1, 0.15) is 5.82 Å². The van der Waals surface area contributed by atoms with E-state index in [1.54, 1.807) is 0 Å². The van der Waals surface area contributed by atoms with Crippen molar-refractivity contribution in [2.24, 2.45) is 0 Å². The number of halogens is 1. The summed E-state index contributed by atoms with van der Waals surface area (Å²) in [4.78, 5) is 4.55. The van der Waals surface area contributed by atoms with Gasteiger partial charge in [0.2, 0.25) is 0 Å². The van der Waals surface area contributed by atoms with E-state index in [0.29, 0.717) is 0 Å². The Kier molecular flexibility index (Phi) is 2.44. The van der Waals surface area contributed by atoms with Crippen molar-refractivity contribution >= 4 is 23.4 Å². The van der Waals surface area contributed by atoms with Gasteiger partial charge in [-0.05, 0) is 12.1 Å². The summed E-state index contributed by atoms with van der Waals surface area (Å²) in [6, 6.07) is 8.31. The zero-order valence-electron chi connectivity index (χ0n) is 7.73. The minimum Gasteiger partial charge on any atom is -0.326 e. The molecule has 0 saturated carbocycles. The number of hydrogen-bond donors (Lipinski definition) is 1. The molecule has 3 rings (SSSR count). The smallest absolute Gasteiger partial charge is 0.123 e. The maximum atomic E-state index is 4.55. The lowest BCUT2D eigenvalue weighted by molar-refractivity contribution is 0.514. The van der Waals surface area contributed by atoms with Crippen molar-refractivity contribution in [2.45, 2.75) is 13.1 Å². The number of hydrogen-bond acceptors (Lipinski definition) is 2. The average molecular weight is 210 g/mol. The van der Waals surface area contributed by atoms with Crippen molar-refractivity contribution in [1.82, 2.24) is 14.9 Å². The molecule has 4 heteroatoms. The van der Waals surface area contributed by atoms with Gasteiger partial charge in [0.05, 0.1) is 17.6 Å². The number of aromatic nitrogens is 2. The van der Waals surface area contributed by atoms with Crippen LogP contribution >= 0.6 is 12.4 Å². The summed E-state index contributed by atoms with van der Waals surface area (Å²) in [7, 11) is 0. The first-order chi connectivity index (χ1) is 6.45. The van der Waals surface area contributed by atoms with Crippen molar-refractivity contribution in [2.75, 3.05) is 6.54 Å². The molecule has 14 heavy (non-hydrogen) atoms. The van der Waals surface area contributed by atoms with E-state index in [1.807, 2.05) is 6.07 Å². The Balaban J connectivity index is 0.000000750. The summed E-state index contributed by atoms with van der Waals surface area (Å²) >= 11 is 0. The Labute approximate surface area is 88.5 Å². The molecule has 0 atom stereocenters. The van der Waals surface area contributed by atoms with E-state index in [-0.39, 0.29) is 12.4 Å². The number of imidazole rings is 1. The summed E-state index contributed by atoms with van der Waals surface area (Å²) in [6.45, 7) is 2.98. The van der Waals surface area contributed by atoms with Gasteiger partial charge in [-0.2, -0.15) is 0 Å². The van der Waals surface area contributed by atoms with Crippen LogP contribution in [0.3, 0.4) is 0 Å². The van der Waals surface area contributed by atoms with E-state index in [2.05, 4.69) is 33.1 Å². The average Bonchev–Trinajstić information content (AvgIpc) is 2.56. The minimum absolute atomic E-state index is 0. The Morgan fingerprint density at radius 1 is 1.29 bits per heavy atom. The Morgan fingerprint density at radius 3 is 3.07 bits per heavy atom. The van der Waals surface area contributed by atoms with Crippen LogP contribution in [0.5, 0.6) is 0 Å². The molecule has 1 aliphatic rings. The second-order valence-corrected chi connectivity index (χ2v) is 3.35. The van der Waals surface area contributed by atoms with Crippen LogP contribution in [0.4, 0.5) is 0 Å². The molecule has 0 amide bonds. The largest absolute Gasteiger partial charge is 0.326 e. The van der Waals surface area contributed by atoms with E-state index in [0.717, 1.165) is 31.0 Å². The van der Waals surface area contributed by atoms with Gasteiger partial charge < -0.3 is 9.88 Å². The fraction of sp³-hybridized carbons (Fsp3) is 0.300. The molecule has 2 heterocycles. The van der Waals surface area contributed by atoms with Crippen LogP contribution in [0.25, 0.3) is 11.0 Å². The first kappa shape index (κ1) is 9.49. The lowest BCUT2D eigenvalue weighted by atomic mass is 10.3. The van der Waals surface area contributed by atoms with Crippen molar-refractivity contribution in [3.63, 3.8) is 0 Å². The van der Waals surface area contributed by atoms with Crippen LogP contribution in [0, 0.1) is 0 Å². The van der Waals surface area contributed by atoms with Crippen molar-refractivity contribution < 1.29 is 0 Å². The van der Waals surface area contributed by atoms with Gasteiger partial charge in [0.15, 0.2) is 0 Å². The predicted molar refractivity (Wildman–Crippen MR) is 58.7 cm³/mol. The molecule has 1 aromatic heterocycles. The second kappa shape index (κ2) is 3.59. The van der Waals surface area contributed by atoms with Crippen molar-refractivity contribution in [3.05, 3.63) is 30.1 Å². The molecule has 0 bridgehead atoms. The summed E-state index contributed by atoms with van der Waals surface area (Å²) in [5.74, 6) is 1.16. The highest BCUT2D eigenvalue weighted by Crippen LogP contribution is 2.16. The first-order valence-corrected chi connectivity index (χ1v) is 4.60. The van der Waals surface area contributed by atoms with Gasteiger partial charge in [-0.1, -0.05) is 12.1 Å². The van der Waals surface area contributed by atoms with Gasteiger partial charge >= 0.3 is 0 Å². The molecule has 1 aliphatic heterocycles. The number of para-hydroxylation sites is 2. The summed E-state index contributed by atoms with van der Waals surface area (Å²) in [6.07, 6.45) is 0. The monoisotopic (exact) mass is 209 g/mol. The molecule has 0 radical (unpaired) electrons. The highest BCUT2D eigenvalue weighted by molar-refractivity contribution is 5.85. The van der Waals surface area contributed by atoms with Crippen LogP contribution in [-0.4, -0.2) is 16.1 Å². The van der Waals surface area contributed by atoms with E-state index >= 15 is 0 Å². The third kappa shape index (κ3) is 1.29. The van der Waals surface area contributed by atoms with Gasteiger partial charge in [0.25, 0.3) is 0 Å². The Morgan fingerprint density at radius 2 is 2.14 bits per heavy atom. The fourth-order valence-corrected chi connectivity index (χ4v) is 1.90. The topological polar surface area (TPSA) is 29.9 Å². The third-order valence-corrected chi connectivity index (χ3v) is 2.53. The highest BCUT2D eigenvalue weighted by Gasteiger charge is 2.12. The molecule has 1 aromatic carbocycles. The number of nitrogens with one attached hydrogen (secondary N) is 1. The van der Waals surface area contributed by atoms with Gasteiger partial charge in [-0.15, -0.1) is 12.4 Å². The SMILES string of the molecule is Cl.c1ccc2c(c1)nc1n2CCNC1. The first-order valence-electron chi connectivity index (χ1n) is 4.60. The fourth-order valence-electron chi connectivity index (χ4n) is 1.90. The number of rotatable bonds is 0. The normalized spacial score (nSPS) is 14.9. The van der Waals surface area contributed by atoms with Crippen LogP contribution in [-0.2, 0) is 13.1 Å². The second-order valence-electron chi connectivity index (χ2n) is 3.35. The van der Waals surface area contributed by atoms with Gasteiger partial charge in [-0.3, -0.25) is 0 Å². The molecular formula is C10H12ClN3. The van der Waals surface area contributed by atoms with Crippen LogP contribution in [0.2, 0.25) is 0 Å². The Bertz CT molecular complexity index is 450. The lowest BCUT2D eigenvalue weighted by Gasteiger charge is -2.15. The summed E-state index contributed by atoms with van der Waals surface area (Å²) in [5.41, 5.74) is 2.38. The lowest BCUT2D eigenvalue weighted by Crippen LogP contribution is -2.28. The van der Waals surface area contributed by atoms with Gasteiger partial charge in [-0.25, -0.2) is 4.98 Å². The molecule has 1 N–H and O–H groups in total. The zero-order chi connectivity index (χ0) is 8.67. The summed E-state index contributed by atoms with van der Waals surface area (Å²) in [5, 5.41) is 3.32. The van der Waals surface area contributed by atoms with Crippen LogP contribution < -0.4 is 5.32 Å². The molecule has 0 spiro atoms. The quantitative estimate of drug-likeness (QED) is 0.714. The molecule has 2 aromatic rings. The number of fused-ring (bicyclic) bond motifs is 3. The van der Waals surface area contributed by atoms with Crippen molar-refractivity contribution in [3.8, 4) is 0 Å². The van der Waals surface area contributed by atoms with E-state index in [4.69, 9.17) is 0 Å². The highest BCUT2D eigenvalue weighted by atomic mass is 35.5.